The molecule has 0 radical (unpaired) electrons. The molecule has 2 nitrogen and oxygen atoms in total. The van der Waals surface area contributed by atoms with Gasteiger partial charge in [-0.2, -0.15) is 13.2 Å². The van der Waals surface area contributed by atoms with Crippen LogP contribution in [0.1, 0.15) is 12.8 Å². The molecular formula is C10H15F3N2. The molecule has 1 heterocycles. The molecule has 0 aromatic carbocycles. The maximum atomic E-state index is 12.5. The van der Waals surface area contributed by atoms with Crippen molar-refractivity contribution in [2.45, 2.75) is 25.1 Å². The van der Waals surface area contributed by atoms with E-state index in [-0.39, 0.29) is 6.04 Å². The van der Waals surface area contributed by atoms with Crippen molar-refractivity contribution >= 4 is 0 Å². The van der Waals surface area contributed by atoms with E-state index in [9.17, 15) is 13.2 Å². The van der Waals surface area contributed by atoms with Crippen LogP contribution in [-0.2, 0) is 0 Å². The summed E-state index contributed by atoms with van der Waals surface area (Å²) in [6, 6.07) is 0.0831. The average molecular weight is 220 g/mol. The van der Waals surface area contributed by atoms with Crippen LogP contribution in [0.5, 0.6) is 0 Å². The van der Waals surface area contributed by atoms with Crippen molar-refractivity contribution < 1.29 is 13.2 Å². The Morgan fingerprint density at radius 3 is 2.27 bits per heavy atom. The van der Waals surface area contributed by atoms with Crippen LogP contribution in [0.15, 0.2) is 12.3 Å². The fourth-order valence-corrected chi connectivity index (χ4v) is 1.78. The van der Waals surface area contributed by atoms with E-state index in [1.54, 1.807) is 0 Å². The lowest BCUT2D eigenvalue weighted by Crippen LogP contribution is -2.49. The number of hydrogen-bond donors (Lipinski definition) is 1. The van der Waals surface area contributed by atoms with Crippen LogP contribution in [0.25, 0.3) is 0 Å². The topological polar surface area (TPSA) is 15.3 Å². The minimum atomic E-state index is -4.28. The first-order chi connectivity index (χ1) is 6.98. The van der Waals surface area contributed by atoms with E-state index in [2.05, 4.69) is 11.9 Å². The fourth-order valence-electron chi connectivity index (χ4n) is 1.78. The van der Waals surface area contributed by atoms with Gasteiger partial charge in [0.15, 0.2) is 0 Å². The molecule has 15 heavy (non-hydrogen) atoms. The lowest BCUT2D eigenvalue weighted by atomic mass is 10.0. The summed E-state index contributed by atoms with van der Waals surface area (Å²) in [6.45, 7) is 5.33. The molecule has 0 aromatic rings. The molecule has 0 aromatic heterocycles. The Morgan fingerprint density at radius 2 is 1.93 bits per heavy atom. The number of hydrogen-bond acceptors (Lipinski definition) is 2. The molecule has 0 atom stereocenters. The molecule has 1 saturated carbocycles. The van der Waals surface area contributed by atoms with Gasteiger partial charge in [-0.3, -0.25) is 0 Å². The Hall–Kier alpha value is -0.710. The van der Waals surface area contributed by atoms with Gasteiger partial charge in [0.1, 0.15) is 5.70 Å². The van der Waals surface area contributed by atoms with E-state index in [1.165, 1.54) is 4.90 Å². The Morgan fingerprint density at radius 1 is 1.33 bits per heavy atom. The van der Waals surface area contributed by atoms with Crippen LogP contribution in [0.4, 0.5) is 13.2 Å². The zero-order chi connectivity index (χ0) is 11.1. The summed E-state index contributed by atoms with van der Waals surface area (Å²) in [5, 5.41) is 3.07. The quantitative estimate of drug-likeness (QED) is 0.776. The van der Waals surface area contributed by atoms with Gasteiger partial charge < -0.3 is 10.2 Å². The van der Waals surface area contributed by atoms with Crippen molar-refractivity contribution in [2.75, 3.05) is 19.6 Å². The standard InChI is InChI=1S/C10H15F3N2/c1-7(10(11,12)13)15(9-2-3-9)6-8-4-14-5-8/h8-9,14H,1-6H2. The Bertz CT molecular complexity index is 254. The van der Waals surface area contributed by atoms with E-state index in [1.807, 2.05) is 0 Å². The SMILES string of the molecule is C=C(N(CC1CNC1)C1CC1)C(F)(F)F. The zero-order valence-electron chi connectivity index (χ0n) is 8.48. The van der Waals surface area contributed by atoms with Crippen molar-refractivity contribution in [2.24, 2.45) is 5.92 Å². The summed E-state index contributed by atoms with van der Waals surface area (Å²) in [7, 11) is 0. The van der Waals surface area contributed by atoms with E-state index < -0.39 is 11.9 Å². The lowest BCUT2D eigenvalue weighted by molar-refractivity contribution is -0.113. The van der Waals surface area contributed by atoms with Crippen molar-refractivity contribution in [3.8, 4) is 0 Å². The lowest BCUT2D eigenvalue weighted by Gasteiger charge is -2.36. The zero-order valence-corrected chi connectivity index (χ0v) is 8.48. The predicted molar refractivity (Wildman–Crippen MR) is 51.3 cm³/mol. The smallest absolute Gasteiger partial charge is 0.365 e. The number of nitrogens with one attached hydrogen (secondary N) is 1. The summed E-state index contributed by atoms with van der Waals surface area (Å²) in [6.07, 6.45) is -2.54. The number of rotatable bonds is 4. The van der Waals surface area contributed by atoms with Gasteiger partial charge in [0, 0.05) is 31.6 Å². The highest BCUT2D eigenvalue weighted by molar-refractivity contribution is 5.08. The maximum absolute atomic E-state index is 12.5. The molecule has 1 N–H and O–H groups in total. The first-order valence-electron chi connectivity index (χ1n) is 5.22. The van der Waals surface area contributed by atoms with Crippen LogP contribution in [0.3, 0.4) is 0 Å². The molecular weight excluding hydrogens is 205 g/mol. The van der Waals surface area contributed by atoms with Crippen molar-refractivity contribution in [3.05, 3.63) is 12.3 Å². The van der Waals surface area contributed by atoms with Gasteiger partial charge in [-0.05, 0) is 12.8 Å². The molecule has 86 valence electrons. The second-order valence-electron chi connectivity index (χ2n) is 4.35. The maximum Gasteiger partial charge on any atom is 0.430 e. The molecule has 1 saturated heterocycles. The number of allylic oxidation sites excluding steroid dienone is 1. The van der Waals surface area contributed by atoms with Gasteiger partial charge in [0.25, 0.3) is 0 Å². The monoisotopic (exact) mass is 220 g/mol. The molecule has 5 heteroatoms. The summed E-state index contributed by atoms with van der Waals surface area (Å²) in [5.74, 6) is 0.352. The van der Waals surface area contributed by atoms with E-state index in [4.69, 9.17) is 0 Å². The van der Waals surface area contributed by atoms with E-state index in [0.717, 1.165) is 25.9 Å². The summed E-state index contributed by atoms with van der Waals surface area (Å²) >= 11 is 0. The summed E-state index contributed by atoms with van der Waals surface area (Å²) in [4.78, 5) is 1.45. The van der Waals surface area contributed by atoms with Crippen molar-refractivity contribution in [1.29, 1.82) is 0 Å². The average Bonchev–Trinajstić information content (AvgIpc) is 2.83. The summed E-state index contributed by atoms with van der Waals surface area (Å²) in [5.41, 5.74) is -0.670. The van der Waals surface area contributed by atoms with Crippen LogP contribution in [0, 0.1) is 5.92 Å². The first-order valence-corrected chi connectivity index (χ1v) is 5.22. The Labute approximate surface area is 87.1 Å². The van der Waals surface area contributed by atoms with Crippen LogP contribution < -0.4 is 5.32 Å². The molecule has 2 rings (SSSR count). The molecule has 0 unspecified atom stereocenters. The van der Waals surface area contributed by atoms with Gasteiger partial charge in [-0.1, -0.05) is 6.58 Å². The normalized spacial score (nSPS) is 22.3. The molecule has 0 bridgehead atoms. The first kappa shape index (κ1) is 10.8. The van der Waals surface area contributed by atoms with Gasteiger partial charge in [0.05, 0.1) is 0 Å². The third kappa shape index (κ3) is 2.45. The van der Waals surface area contributed by atoms with Crippen molar-refractivity contribution in [1.82, 2.24) is 10.2 Å². The van der Waals surface area contributed by atoms with Gasteiger partial charge in [-0.25, -0.2) is 0 Å². The van der Waals surface area contributed by atoms with Crippen LogP contribution in [0.2, 0.25) is 0 Å². The largest absolute Gasteiger partial charge is 0.430 e. The molecule has 1 aliphatic carbocycles. The second kappa shape index (κ2) is 3.70. The highest BCUT2D eigenvalue weighted by atomic mass is 19.4. The van der Waals surface area contributed by atoms with E-state index in [0.29, 0.717) is 12.5 Å². The third-order valence-corrected chi connectivity index (χ3v) is 2.98. The number of nitrogens with zero attached hydrogens (tertiary/aromatic N) is 1. The Kier molecular flexibility index (Phi) is 2.66. The number of halogens is 3. The highest BCUT2D eigenvalue weighted by Gasteiger charge is 2.42. The van der Waals surface area contributed by atoms with Gasteiger partial charge in [-0.15, -0.1) is 0 Å². The molecule has 0 amide bonds. The fraction of sp³-hybridized carbons (Fsp3) is 0.800. The third-order valence-electron chi connectivity index (χ3n) is 2.98. The van der Waals surface area contributed by atoms with Crippen molar-refractivity contribution in [3.63, 3.8) is 0 Å². The predicted octanol–water partition coefficient (Wildman–Crippen LogP) is 1.75. The van der Waals surface area contributed by atoms with Crippen LogP contribution >= 0.6 is 0 Å². The molecule has 1 aliphatic heterocycles. The highest BCUT2D eigenvalue weighted by Crippen LogP contribution is 2.36. The molecule has 2 aliphatic rings. The molecule has 0 spiro atoms. The minimum Gasteiger partial charge on any atom is -0.365 e. The number of alkyl halides is 3. The Balaban J connectivity index is 1.95. The summed E-state index contributed by atoms with van der Waals surface area (Å²) < 4.78 is 37.5. The van der Waals surface area contributed by atoms with Crippen LogP contribution in [-0.4, -0.2) is 36.8 Å². The second-order valence-corrected chi connectivity index (χ2v) is 4.35. The van der Waals surface area contributed by atoms with E-state index >= 15 is 0 Å². The van der Waals surface area contributed by atoms with Gasteiger partial charge in [0.2, 0.25) is 0 Å². The van der Waals surface area contributed by atoms with Gasteiger partial charge >= 0.3 is 6.18 Å². The minimum absolute atomic E-state index is 0.0831. The molecule has 2 fully saturated rings.